The summed E-state index contributed by atoms with van der Waals surface area (Å²) >= 11 is 11.7. The maximum absolute atomic E-state index is 11.6. The summed E-state index contributed by atoms with van der Waals surface area (Å²) in [5, 5.41) is 7.02. The fraction of sp³-hybridized carbons (Fsp3) is 0.417. The van der Waals surface area contributed by atoms with Crippen LogP contribution in [0.1, 0.15) is 6.42 Å². The van der Waals surface area contributed by atoms with Gasteiger partial charge in [-0.1, -0.05) is 23.2 Å². The largest absolute Gasteiger partial charge is 0.482 e. The topological polar surface area (TPSA) is 50.4 Å². The molecule has 0 bridgehead atoms. The van der Waals surface area contributed by atoms with Gasteiger partial charge in [-0.05, 0) is 25.1 Å². The first kappa shape index (κ1) is 16.4. The summed E-state index contributed by atoms with van der Waals surface area (Å²) in [6.45, 7) is 1.69. The monoisotopic (exact) mass is 324 g/mol. The van der Waals surface area contributed by atoms with Crippen LogP contribution in [0.15, 0.2) is 18.2 Å². The first-order chi connectivity index (χ1) is 8.65. The van der Waals surface area contributed by atoms with Crippen LogP contribution in [-0.4, -0.2) is 31.6 Å². The number of halogens is 3. The Morgan fingerprint density at radius 2 is 2.26 bits per heavy atom. The van der Waals surface area contributed by atoms with Gasteiger partial charge < -0.3 is 15.4 Å². The summed E-state index contributed by atoms with van der Waals surface area (Å²) < 4.78 is 5.34. The van der Waals surface area contributed by atoms with Gasteiger partial charge in [-0.3, -0.25) is 4.79 Å². The molecule has 106 valence electrons. The molecule has 7 heteroatoms. The Morgan fingerprint density at radius 3 is 2.95 bits per heavy atom. The highest BCUT2D eigenvalue weighted by Crippen LogP contribution is 2.27. The van der Waals surface area contributed by atoms with E-state index < -0.39 is 0 Å². The Hall–Kier alpha value is -0.680. The smallest absolute Gasteiger partial charge is 0.258 e. The quantitative estimate of drug-likeness (QED) is 0.893. The number of hydrogen-bond acceptors (Lipinski definition) is 3. The maximum atomic E-state index is 11.6. The van der Waals surface area contributed by atoms with Crippen molar-refractivity contribution in [3.05, 3.63) is 28.2 Å². The molecule has 2 N–H and O–H groups in total. The molecule has 1 aromatic rings. The second-order valence-electron chi connectivity index (χ2n) is 4.12. The molecule has 1 unspecified atom stereocenters. The Bertz CT molecular complexity index is 437. The molecule has 1 amide bonds. The maximum Gasteiger partial charge on any atom is 0.258 e. The van der Waals surface area contributed by atoms with E-state index in [0.717, 1.165) is 19.5 Å². The average molecular weight is 326 g/mol. The van der Waals surface area contributed by atoms with E-state index in [-0.39, 0.29) is 31.0 Å². The molecule has 1 aliphatic rings. The number of ether oxygens (including phenoxy) is 1. The van der Waals surface area contributed by atoms with Crippen LogP contribution >= 0.6 is 35.6 Å². The van der Waals surface area contributed by atoms with E-state index in [0.29, 0.717) is 15.8 Å². The van der Waals surface area contributed by atoms with Gasteiger partial charge in [0, 0.05) is 23.7 Å². The van der Waals surface area contributed by atoms with Crippen LogP contribution in [0.25, 0.3) is 0 Å². The molecule has 1 fully saturated rings. The average Bonchev–Trinajstić information content (AvgIpc) is 2.83. The Labute approximate surface area is 128 Å². The molecule has 1 atom stereocenters. The predicted molar refractivity (Wildman–Crippen MR) is 78.6 cm³/mol. The van der Waals surface area contributed by atoms with Crippen molar-refractivity contribution in [2.75, 3.05) is 19.7 Å². The van der Waals surface area contributed by atoms with E-state index in [1.54, 1.807) is 18.2 Å². The molecule has 0 aliphatic carbocycles. The van der Waals surface area contributed by atoms with Gasteiger partial charge in [-0.2, -0.15) is 0 Å². The molecular formula is C12H15Cl3N2O2. The van der Waals surface area contributed by atoms with E-state index in [1.165, 1.54) is 0 Å². The number of nitrogens with one attached hydrogen (secondary N) is 2. The van der Waals surface area contributed by atoms with Crippen LogP contribution in [0.3, 0.4) is 0 Å². The fourth-order valence-electron chi connectivity index (χ4n) is 1.78. The van der Waals surface area contributed by atoms with Crippen molar-refractivity contribution >= 4 is 41.5 Å². The van der Waals surface area contributed by atoms with Gasteiger partial charge in [-0.15, -0.1) is 12.4 Å². The van der Waals surface area contributed by atoms with Crippen LogP contribution in [0.5, 0.6) is 5.75 Å². The van der Waals surface area contributed by atoms with Crippen molar-refractivity contribution in [1.29, 1.82) is 0 Å². The number of rotatable bonds is 4. The summed E-state index contributed by atoms with van der Waals surface area (Å²) in [4.78, 5) is 11.6. The zero-order valence-corrected chi connectivity index (χ0v) is 12.4. The summed E-state index contributed by atoms with van der Waals surface area (Å²) in [7, 11) is 0. The van der Waals surface area contributed by atoms with Gasteiger partial charge in [0.2, 0.25) is 0 Å². The Morgan fingerprint density at radius 1 is 1.47 bits per heavy atom. The van der Waals surface area contributed by atoms with E-state index in [2.05, 4.69) is 10.6 Å². The lowest BCUT2D eigenvalue weighted by Crippen LogP contribution is -2.39. The van der Waals surface area contributed by atoms with Crippen molar-refractivity contribution in [2.24, 2.45) is 0 Å². The lowest BCUT2D eigenvalue weighted by atomic mass is 10.2. The minimum absolute atomic E-state index is 0. The highest BCUT2D eigenvalue weighted by molar-refractivity contribution is 6.34. The molecule has 1 aromatic carbocycles. The third-order valence-electron chi connectivity index (χ3n) is 2.68. The van der Waals surface area contributed by atoms with Crippen molar-refractivity contribution in [3.63, 3.8) is 0 Å². The molecule has 4 nitrogen and oxygen atoms in total. The minimum atomic E-state index is -0.153. The van der Waals surface area contributed by atoms with Crippen molar-refractivity contribution in [3.8, 4) is 5.75 Å². The molecular weight excluding hydrogens is 311 g/mol. The van der Waals surface area contributed by atoms with Crippen LogP contribution in [0.2, 0.25) is 10.0 Å². The lowest BCUT2D eigenvalue weighted by molar-refractivity contribution is -0.123. The zero-order chi connectivity index (χ0) is 13.0. The molecule has 1 aliphatic heterocycles. The molecule has 1 heterocycles. The van der Waals surface area contributed by atoms with E-state index in [9.17, 15) is 4.79 Å². The zero-order valence-electron chi connectivity index (χ0n) is 10.1. The fourth-order valence-corrected chi connectivity index (χ4v) is 2.11. The van der Waals surface area contributed by atoms with E-state index in [1.807, 2.05) is 0 Å². The number of amides is 1. The number of benzene rings is 1. The molecule has 1 saturated heterocycles. The van der Waals surface area contributed by atoms with Crippen LogP contribution in [0.4, 0.5) is 0 Å². The number of carbonyl (C=O) groups is 1. The highest BCUT2D eigenvalue weighted by atomic mass is 35.5. The van der Waals surface area contributed by atoms with Crippen molar-refractivity contribution in [2.45, 2.75) is 12.5 Å². The summed E-state index contributed by atoms with van der Waals surface area (Å²) in [6, 6.07) is 5.09. The van der Waals surface area contributed by atoms with Gasteiger partial charge in [0.1, 0.15) is 5.75 Å². The molecule has 0 aromatic heterocycles. The second-order valence-corrected chi connectivity index (χ2v) is 4.96. The van der Waals surface area contributed by atoms with Gasteiger partial charge in [0.15, 0.2) is 6.61 Å². The number of carbonyl (C=O) groups excluding carboxylic acids is 1. The molecule has 19 heavy (non-hydrogen) atoms. The molecule has 0 saturated carbocycles. The summed E-state index contributed by atoms with van der Waals surface area (Å²) in [5.74, 6) is 0.267. The lowest BCUT2D eigenvalue weighted by Gasteiger charge is -2.12. The Kier molecular flexibility index (Phi) is 6.72. The van der Waals surface area contributed by atoms with E-state index >= 15 is 0 Å². The Balaban J connectivity index is 0.00000180. The van der Waals surface area contributed by atoms with Gasteiger partial charge >= 0.3 is 0 Å². The van der Waals surface area contributed by atoms with E-state index in [4.69, 9.17) is 27.9 Å². The van der Waals surface area contributed by atoms with Crippen molar-refractivity contribution in [1.82, 2.24) is 10.6 Å². The van der Waals surface area contributed by atoms with Gasteiger partial charge in [-0.25, -0.2) is 0 Å². The second kappa shape index (κ2) is 7.80. The van der Waals surface area contributed by atoms with Crippen LogP contribution < -0.4 is 15.4 Å². The van der Waals surface area contributed by atoms with Gasteiger partial charge in [0.05, 0.1) is 5.02 Å². The molecule has 0 spiro atoms. The first-order valence-corrected chi connectivity index (χ1v) is 6.48. The molecule has 0 radical (unpaired) electrons. The van der Waals surface area contributed by atoms with Crippen LogP contribution in [-0.2, 0) is 4.79 Å². The predicted octanol–water partition coefficient (Wildman–Crippen LogP) is 2.27. The minimum Gasteiger partial charge on any atom is -0.482 e. The SMILES string of the molecule is Cl.O=C(COc1cc(Cl)ccc1Cl)NC1CCNC1. The summed E-state index contributed by atoms with van der Waals surface area (Å²) in [6.07, 6.45) is 0.948. The standard InChI is InChI=1S/C12H14Cl2N2O2.ClH/c13-8-1-2-10(14)11(5-8)18-7-12(17)16-9-3-4-15-6-9;/h1-2,5,9,15H,3-4,6-7H2,(H,16,17);1H. The third kappa shape index (κ3) is 5.07. The van der Waals surface area contributed by atoms with Crippen molar-refractivity contribution < 1.29 is 9.53 Å². The third-order valence-corrected chi connectivity index (χ3v) is 3.22. The molecule has 2 rings (SSSR count). The number of hydrogen-bond donors (Lipinski definition) is 2. The first-order valence-electron chi connectivity index (χ1n) is 5.73. The highest BCUT2D eigenvalue weighted by Gasteiger charge is 2.16. The summed E-state index contributed by atoms with van der Waals surface area (Å²) in [5.41, 5.74) is 0. The van der Waals surface area contributed by atoms with Crippen LogP contribution in [0, 0.1) is 0 Å². The van der Waals surface area contributed by atoms with Gasteiger partial charge in [0.25, 0.3) is 5.91 Å². The normalized spacial score (nSPS) is 17.7.